The third-order valence-corrected chi connectivity index (χ3v) is 3.15. The molecule has 0 saturated carbocycles. The first-order valence-electron chi connectivity index (χ1n) is 6.39. The first-order chi connectivity index (χ1) is 8.59. The van der Waals surface area contributed by atoms with Gasteiger partial charge in [-0.15, -0.1) is 0 Å². The van der Waals surface area contributed by atoms with Crippen molar-refractivity contribution in [2.24, 2.45) is 5.92 Å². The van der Waals surface area contributed by atoms with Gasteiger partial charge in [-0.1, -0.05) is 32.1 Å². The van der Waals surface area contributed by atoms with Crippen molar-refractivity contribution < 1.29 is 4.39 Å². The van der Waals surface area contributed by atoms with Crippen molar-refractivity contribution in [3.8, 4) is 0 Å². The Balaban J connectivity index is 2.21. The molecule has 1 aromatic carbocycles. The fourth-order valence-corrected chi connectivity index (χ4v) is 2.01. The van der Waals surface area contributed by atoms with Gasteiger partial charge in [-0.2, -0.15) is 0 Å². The van der Waals surface area contributed by atoms with Gasteiger partial charge >= 0.3 is 0 Å². The highest BCUT2D eigenvalue weighted by Gasteiger charge is 1.98. The average Bonchev–Trinajstić information content (AvgIpc) is 2.32. The molecule has 0 bridgehead atoms. The summed E-state index contributed by atoms with van der Waals surface area (Å²) < 4.78 is 13.6. The van der Waals surface area contributed by atoms with Gasteiger partial charge in [0.05, 0.1) is 4.47 Å². The van der Waals surface area contributed by atoms with Gasteiger partial charge in [0.25, 0.3) is 0 Å². The maximum absolute atomic E-state index is 13.0. The zero-order valence-electron chi connectivity index (χ0n) is 11.0. The van der Waals surface area contributed by atoms with Crippen molar-refractivity contribution in [3.05, 3.63) is 46.2 Å². The summed E-state index contributed by atoms with van der Waals surface area (Å²) >= 11 is 3.19. The van der Waals surface area contributed by atoms with E-state index in [4.69, 9.17) is 0 Å². The molecule has 18 heavy (non-hydrogen) atoms. The maximum atomic E-state index is 13.0. The second-order valence-corrected chi connectivity index (χ2v) is 5.66. The summed E-state index contributed by atoms with van der Waals surface area (Å²) in [5, 5.41) is 3.39. The van der Waals surface area contributed by atoms with E-state index in [1.807, 2.05) is 12.1 Å². The quantitative estimate of drug-likeness (QED) is 0.584. The lowest BCUT2D eigenvalue weighted by Gasteiger charge is -2.04. The topological polar surface area (TPSA) is 12.0 Å². The normalized spacial score (nSPS) is 11.6. The van der Waals surface area contributed by atoms with Crippen LogP contribution in [0.2, 0.25) is 0 Å². The Kier molecular flexibility index (Phi) is 7.21. The Labute approximate surface area is 118 Å². The average molecular weight is 314 g/mol. The van der Waals surface area contributed by atoms with Gasteiger partial charge in [0, 0.05) is 0 Å². The number of halogens is 2. The van der Waals surface area contributed by atoms with Gasteiger partial charge in [0.2, 0.25) is 0 Å². The lowest BCUT2D eigenvalue weighted by molar-refractivity contribution is 0.556. The van der Waals surface area contributed by atoms with Crippen molar-refractivity contribution in [3.63, 3.8) is 0 Å². The van der Waals surface area contributed by atoms with Gasteiger partial charge in [0.15, 0.2) is 0 Å². The van der Waals surface area contributed by atoms with E-state index in [9.17, 15) is 4.39 Å². The van der Waals surface area contributed by atoms with E-state index in [0.29, 0.717) is 10.4 Å². The number of rotatable bonds is 7. The molecule has 1 rings (SSSR count). The van der Waals surface area contributed by atoms with Gasteiger partial charge in [-0.05, 0) is 65.5 Å². The fraction of sp³-hybridized carbons (Fsp3) is 0.467. The van der Waals surface area contributed by atoms with Crippen LogP contribution in [0, 0.1) is 11.7 Å². The molecule has 1 aromatic rings. The van der Waals surface area contributed by atoms with Crippen LogP contribution in [0.15, 0.2) is 34.8 Å². The number of benzene rings is 1. The second kappa shape index (κ2) is 8.44. The molecule has 0 heterocycles. The molecule has 100 valence electrons. The van der Waals surface area contributed by atoms with E-state index in [0.717, 1.165) is 31.5 Å². The molecule has 0 spiro atoms. The van der Waals surface area contributed by atoms with Crippen LogP contribution in [0.4, 0.5) is 4.39 Å². The van der Waals surface area contributed by atoms with Crippen LogP contribution in [0.1, 0.15) is 25.8 Å². The third-order valence-electron chi connectivity index (χ3n) is 2.54. The van der Waals surface area contributed by atoms with E-state index < -0.39 is 0 Å². The molecule has 1 nitrogen and oxygen atoms in total. The van der Waals surface area contributed by atoms with Crippen LogP contribution in [0.5, 0.6) is 0 Å². The number of allylic oxidation sites excluding steroid dienone is 1. The number of hydrogen-bond donors (Lipinski definition) is 1. The van der Waals surface area contributed by atoms with E-state index in [2.05, 4.69) is 47.2 Å². The summed E-state index contributed by atoms with van der Waals surface area (Å²) in [6.45, 7) is 6.49. The second-order valence-electron chi connectivity index (χ2n) is 4.81. The maximum Gasteiger partial charge on any atom is 0.137 e. The molecule has 1 N–H and O–H groups in total. The Bertz CT molecular complexity index is 388. The smallest absolute Gasteiger partial charge is 0.137 e. The molecule has 0 fully saturated rings. The number of hydrogen-bond acceptors (Lipinski definition) is 1. The van der Waals surface area contributed by atoms with Crippen molar-refractivity contribution in [2.45, 2.75) is 26.7 Å². The standard InChI is InChI=1S/C15H21BrFN/c1-12(2)11-18-9-5-3-4-6-13-7-8-15(17)14(16)10-13/h3-4,7-8,10,12,18H,5-6,9,11H2,1-2H3. The van der Waals surface area contributed by atoms with Crippen LogP contribution >= 0.6 is 15.9 Å². The summed E-state index contributed by atoms with van der Waals surface area (Å²) in [5.74, 6) is 0.492. The molecule has 0 aliphatic carbocycles. The van der Waals surface area contributed by atoms with Gasteiger partial charge < -0.3 is 5.32 Å². The fourth-order valence-electron chi connectivity index (χ4n) is 1.58. The summed E-state index contributed by atoms with van der Waals surface area (Å²) in [6, 6.07) is 5.15. The van der Waals surface area contributed by atoms with Crippen molar-refractivity contribution in [1.29, 1.82) is 0 Å². The minimum absolute atomic E-state index is 0.208. The van der Waals surface area contributed by atoms with E-state index in [1.165, 1.54) is 6.07 Å². The monoisotopic (exact) mass is 313 g/mol. The van der Waals surface area contributed by atoms with Crippen LogP contribution in [0.25, 0.3) is 0 Å². The molecule has 0 radical (unpaired) electrons. The minimum Gasteiger partial charge on any atom is -0.316 e. The zero-order chi connectivity index (χ0) is 13.4. The molecule has 0 amide bonds. The van der Waals surface area contributed by atoms with Gasteiger partial charge in [0.1, 0.15) is 5.82 Å². The van der Waals surface area contributed by atoms with Crippen LogP contribution < -0.4 is 5.32 Å². The Morgan fingerprint density at radius 2 is 2.11 bits per heavy atom. The van der Waals surface area contributed by atoms with Gasteiger partial charge in [-0.25, -0.2) is 4.39 Å². The van der Waals surface area contributed by atoms with Crippen molar-refractivity contribution >= 4 is 15.9 Å². The van der Waals surface area contributed by atoms with E-state index in [-0.39, 0.29) is 5.82 Å². The van der Waals surface area contributed by atoms with Crippen molar-refractivity contribution in [2.75, 3.05) is 13.1 Å². The van der Waals surface area contributed by atoms with Crippen LogP contribution in [0.3, 0.4) is 0 Å². The summed E-state index contributed by atoms with van der Waals surface area (Å²) in [4.78, 5) is 0. The molecule has 0 aliphatic rings. The predicted octanol–water partition coefficient (Wildman–Crippen LogP) is 4.32. The SMILES string of the molecule is CC(C)CNCCC=CCc1ccc(F)c(Br)c1. The van der Waals surface area contributed by atoms with E-state index in [1.54, 1.807) is 0 Å². The Morgan fingerprint density at radius 3 is 2.78 bits per heavy atom. The molecule has 0 atom stereocenters. The van der Waals surface area contributed by atoms with Gasteiger partial charge in [-0.3, -0.25) is 0 Å². The van der Waals surface area contributed by atoms with E-state index >= 15 is 0 Å². The summed E-state index contributed by atoms with van der Waals surface area (Å²) in [7, 11) is 0. The molecular formula is C15H21BrFN. The number of nitrogens with one attached hydrogen (secondary N) is 1. The van der Waals surface area contributed by atoms with Crippen LogP contribution in [-0.4, -0.2) is 13.1 Å². The lowest BCUT2D eigenvalue weighted by Crippen LogP contribution is -2.20. The third kappa shape index (κ3) is 6.31. The first kappa shape index (κ1) is 15.4. The summed E-state index contributed by atoms with van der Waals surface area (Å²) in [5.41, 5.74) is 1.12. The van der Waals surface area contributed by atoms with Crippen molar-refractivity contribution in [1.82, 2.24) is 5.32 Å². The molecule has 0 aliphatic heterocycles. The summed E-state index contributed by atoms with van der Waals surface area (Å²) in [6.07, 6.45) is 6.19. The molecule has 3 heteroatoms. The lowest BCUT2D eigenvalue weighted by atomic mass is 10.1. The highest BCUT2D eigenvalue weighted by Crippen LogP contribution is 2.17. The largest absolute Gasteiger partial charge is 0.316 e. The Hall–Kier alpha value is -0.670. The predicted molar refractivity (Wildman–Crippen MR) is 79.3 cm³/mol. The first-order valence-corrected chi connectivity index (χ1v) is 7.18. The highest BCUT2D eigenvalue weighted by molar-refractivity contribution is 9.10. The molecule has 0 aromatic heterocycles. The molecule has 0 unspecified atom stereocenters. The minimum atomic E-state index is -0.208. The highest BCUT2D eigenvalue weighted by atomic mass is 79.9. The molecule has 0 saturated heterocycles. The zero-order valence-corrected chi connectivity index (χ0v) is 12.6. The Morgan fingerprint density at radius 1 is 1.33 bits per heavy atom. The van der Waals surface area contributed by atoms with Crippen LogP contribution in [-0.2, 0) is 6.42 Å². The molecular weight excluding hydrogens is 293 g/mol.